The topological polar surface area (TPSA) is 77.4 Å². The van der Waals surface area contributed by atoms with Gasteiger partial charge in [-0.15, -0.1) is 0 Å². The molecule has 182 valence electrons. The smallest absolute Gasteiger partial charge is 0.419 e. The van der Waals surface area contributed by atoms with Gasteiger partial charge in [0.15, 0.2) is 0 Å². The van der Waals surface area contributed by atoms with E-state index in [1.54, 1.807) is 51.1 Å². The lowest BCUT2D eigenvalue weighted by molar-refractivity contribution is 0.0547. The van der Waals surface area contributed by atoms with Gasteiger partial charge in [-0.1, -0.05) is 48.5 Å². The number of rotatable bonds is 4. The number of ether oxygens (including phenoxy) is 1. The summed E-state index contributed by atoms with van der Waals surface area (Å²) in [6, 6.07) is 11.6. The Hall–Kier alpha value is -2.06. The zero-order valence-corrected chi connectivity index (χ0v) is 21.7. The van der Waals surface area contributed by atoms with Crippen LogP contribution in [0.2, 0.25) is 10.0 Å². The van der Waals surface area contributed by atoms with Crippen molar-refractivity contribution in [2.45, 2.75) is 69.4 Å². The molecule has 2 aromatic carbocycles. The van der Waals surface area contributed by atoms with Gasteiger partial charge in [-0.05, 0) is 70.0 Å². The minimum absolute atomic E-state index is 0.0173. The molecule has 1 aromatic heterocycles. The molecule has 0 saturated heterocycles. The Morgan fingerprint density at radius 2 is 1.74 bits per heavy atom. The number of hydrogen-bond acceptors (Lipinski definition) is 4. The van der Waals surface area contributed by atoms with Crippen LogP contribution in [-0.4, -0.2) is 30.7 Å². The number of carbonyl (C=O) groups excluding carboxylic acids is 1. The van der Waals surface area contributed by atoms with E-state index < -0.39 is 21.7 Å². The molecule has 1 saturated carbocycles. The highest BCUT2D eigenvalue weighted by Crippen LogP contribution is 2.34. The molecule has 0 bridgehead atoms. The number of carbonyl (C=O) groups is 1. The number of hydrogen-bond donors (Lipinski definition) is 1. The molecule has 0 amide bonds. The van der Waals surface area contributed by atoms with E-state index in [4.69, 9.17) is 27.9 Å². The highest BCUT2D eigenvalue weighted by molar-refractivity contribution is 7.89. The summed E-state index contributed by atoms with van der Waals surface area (Å²) in [7, 11) is -3.85. The number of nitrogens with zero attached hydrogens (tertiary/aromatic N) is 1. The third-order valence-corrected chi connectivity index (χ3v) is 8.02. The van der Waals surface area contributed by atoms with Crippen molar-refractivity contribution in [3.63, 3.8) is 0 Å². The third-order valence-electron chi connectivity index (χ3n) is 5.78. The van der Waals surface area contributed by atoms with Crippen molar-refractivity contribution in [1.82, 2.24) is 9.29 Å². The largest absolute Gasteiger partial charge is 0.443 e. The van der Waals surface area contributed by atoms with E-state index in [1.807, 2.05) is 0 Å². The maximum Gasteiger partial charge on any atom is 0.419 e. The average Bonchev–Trinajstić information content (AvgIpc) is 3.11. The third kappa shape index (κ3) is 5.43. The van der Waals surface area contributed by atoms with Gasteiger partial charge in [-0.3, -0.25) is 0 Å². The van der Waals surface area contributed by atoms with E-state index in [-0.39, 0.29) is 16.0 Å². The maximum atomic E-state index is 13.2. The van der Waals surface area contributed by atoms with E-state index in [9.17, 15) is 13.2 Å². The van der Waals surface area contributed by atoms with Crippen molar-refractivity contribution >= 4 is 50.2 Å². The van der Waals surface area contributed by atoms with E-state index in [0.717, 1.165) is 37.5 Å². The summed E-state index contributed by atoms with van der Waals surface area (Å²) in [6.45, 7) is 5.37. The summed E-state index contributed by atoms with van der Waals surface area (Å²) >= 11 is 12.5. The minimum atomic E-state index is -3.85. The Balaban J connectivity index is 1.81. The summed E-state index contributed by atoms with van der Waals surface area (Å²) in [5, 5.41) is 1.37. The molecule has 1 N–H and O–H groups in total. The molecule has 1 aliphatic carbocycles. The zero-order chi connectivity index (χ0) is 24.7. The van der Waals surface area contributed by atoms with Crippen LogP contribution in [0.4, 0.5) is 4.79 Å². The molecule has 1 fully saturated rings. The molecule has 0 aliphatic heterocycles. The van der Waals surface area contributed by atoms with E-state index in [2.05, 4.69) is 4.72 Å². The fourth-order valence-electron chi connectivity index (χ4n) is 4.27. The van der Waals surface area contributed by atoms with Crippen LogP contribution in [0.25, 0.3) is 22.2 Å². The standard InChI is InChI=1S/C25H28Cl2N2O4S/c1-25(2,3)33-24(30)29-21-12-10-18(26)13-17(21)14-22(29)16-9-11-20(27)23(15-16)34(31,32)28-19-7-5-4-6-8-19/h9-15,19,28H,4-8H2,1-3H3. The molecule has 0 unspecified atom stereocenters. The number of halogens is 2. The van der Waals surface area contributed by atoms with Crippen molar-refractivity contribution < 1.29 is 17.9 Å². The van der Waals surface area contributed by atoms with Crippen LogP contribution in [0, 0.1) is 0 Å². The Morgan fingerprint density at radius 3 is 2.41 bits per heavy atom. The highest BCUT2D eigenvalue weighted by Gasteiger charge is 2.27. The first-order valence-corrected chi connectivity index (χ1v) is 13.6. The van der Waals surface area contributed by atoms with Gasteiger partial charge >= 0.3 is 6.09 Å². The minimum Gasteiger partial charge on any atom is -0.443 e. The van der Waals surface area contributed by atoms with Crippen LogP contribution in [0.1, 0.15) is 52.9 Å². The molecule has 6 nitrogen and oxygen atoms in total. The van der Waals surface area contributed by atoms with E-state index in [0.29, 0.717) is 21.8 Å². The first-order valence-electron chi connectivity index (χ1n) is 11.3. The maximum absolute atomic E-state index is 13.2. The van der Waals surface area contributed by atoms with E-state index in [1.165, 1.54) is 16.7 Å². The van der Waals surface area contributed by atoms with Gasteiger partial charge in [0.05, 0.1) is 16.2 Å². The van der Waals surface area contributed by atoms with Gasteiger partial charge in [0, 0.05) is 22.0 Å². The second kappa shape index (κ2) is 9.53. The van der Waals surface area contributed by atoms with Crippen LogP contribution in [0.3, 0.4) is 0 Å². The summed E-state index contributed by atoms with van der Waals surface area (Å²) < 4.78 is 36.3. The van der Waals surface area contributed by atoms with Crippen molar-refractivity contribution in [1.29, 1.82) is 0 Å². The van der Waals surface area contributed by atoms with Gasteiger partial charge < -0.3 is 4.74 Å². The molecule has 4 rings (SSSR count). The second-order valence-corrected chi connectivity index (χ2v) is 12.2. The second-order valence-electron chi connectivity index (χ2n) is 9.65. The van der Waals surface area contributed by atoms with Crippen LogP contribution in [0.15, 0.2) is 47.4 Å². The molecular formula is C25H28Cl2N2O4S. The average molecular weight is 523 g/mol. The van der Waals surface area contributed by atoms with Crippen molar-refractivity contribution in [3.8, 4) is 11.3 Å². The van der Waals surface area contributed by atoms with Crippen LogP contribution < -0.4 is 4.72 Å². The predicted molar refractivity (Wildman–Crippen MR) is 136 cm³/mol. The monoisotopic (exact) mass is 522 g/mol. The van der Waals surface area contributed by atoms with Gasteiger partial charge in [0.2, 0.25) is 10.0 Å². The Kier molecular flexibility index (Phi) is 7.02. The fourth-order valence-corrected chi connectivity index (χ4v) is 6.29. The summed E-state index contributed by atoms with van der Waals surface area (Å²) in [5.41, 5.74) is 0.896. The molecule has 34 heavy (non-hydrogen) atoms. The van der Waals surface area contributed by atoms with Gasteiger partial charge in [-0.2, -0.15) is 0 Å². The highest BCUT2D eigenvalue weighted by atomic mass is 35.5. The number of benzene rings is 2. The van der Waals surface area contributed by atoms with Crippen LogP contribution >= 0.6 is 23.2 Å². The first kappa shape index (κ1) is 25.0. The summed E-state index contributed by atoms with van der Waals surface area (Å²) in [5.74, 6) is 0. The lowest BCUT2D eigenvalue weighted by Crippen LogP contribution is -2.36. The lowest BCUT2D eigenvalue weighted by atomic mass is 9.96. The predicted octanol–water partition coefficient (Wildman–Crippen LogP) is 7.01. The number of aromatic nitrogens is 1. The number of nitrogens with one attached hydrogen (secondary N) is 1. The van der Waals surface area contributed by atoms with Crippen LogP contribution in [-0.2, 0) is 14.8 Å². The van der Waals surface area contributed by atoms with Gasteiger partial charge in [-0.25, -0.2) is 22.5 Å². The van der Waals surface area contributed by atoms with Gasteiger partial charge in [0.1, 0.15) is 10.5 Å². The molecule has 0 spiro atoms. The van der Waals surface area contributed by atoms with Crippen LogP contribution in [0.5, 0.6) is 0 Å². The van der Waals surface area contributed by atoms with Crippen molar-refractivity contribution in [2.24, 2.45) is 0 Å². The SMILES string of the molecule is CC(C)(C)OC(=O)n1c(-c2ccc(Cl)c(S(=O)(=O)NC3CCCCC3)c2)cc2cc(Cl)ccc21. The lowest BCUT2D eigenvalue weighted by Gasteiger charge is -2.23. The zero-order valence-electron chi connectivity index (χ0n) is 19.4. The molecule has 0 radical (unpaired) electrons. The molecule has 1 heterocycles. The summed E-state index contributed by atoms with van der Waals surface area (Å²) in [6.07, 6.45) is 4.17. The van der Waals surface area contributed by atoms with Crippen molar-refractivity contribution in [2.75, 3.05) is 0 Å². The number of sulfonamides is 1. The fraction of sp³-hybridized carbons (Fsp3) is 0.400. The quantitative estimate of drug-likeness (QED) is 0.399. The van der Waals surface area contributed by atoms with Crippen molar-refractivity contribution in [3.05, 3.63) is 52.5 Å². The normalized spacial score (nSPS) is 15.6. The first-order chi connectivity index (χ1) is 15.9. The molecule has 3 aromatic rings. The molecular weight excluding hydrogens is 495 g/mol. The Bertz CT molecular complexity index is 1340. The number of fused-ring (bicyclic) bond motifs is 1. The Labute approximate surface area is 210 Å². The van der Waals surface area contributed by atoms with E-state index >= 15 is 0 Å². The molecule has 9 heteroatoms. The summed E-state index contributed by atoms with van der Waals surface area (Å²) in [4.78, 5) is 13.2. The Morgan fingerprint density at radius 1 is 1.03 bits per heavy atom. The molecule has 1 aliphatic rings. The molecule has 0 atom stereocenters. The van der Waals surface area contributed by atoms with Gasteiger partial charge in [0.25, 0.3) is 0 Å².